The van der Waals surface area contributed by atoms with E-state index in [0.29, 0.717) is 0 Å². The molecule has 1 aromatic carbocycles. The maximum atomic E-state index is 10.7. The minimum absolute atomic E-state index is 0.138. The molecule has 1 nitrogen and oxygen atoms in total. The summed E-state index contributed by atoms with van der Waals surface area (Å²) in [7, 11) is 0. The van der Waals surface area contributed by atoms with Crippen LogP contribution >= 0.6 is 22.7 Å². The SMILES string of the molecule is CC(C)(C)c1ccc(C(O)c2csc3ccccc23)s1. The summed E-state index contributed by atoms with van der Waals surface area (Å²) in [6.07, 6.45) is -0.521. The van der Waals surface area contributed by atoms with Crippen molar-refractivity contribution in [2.24, 2.45) is 0 Å². The summed E-state index contributed by atoms with van der Waals surface area (Å²) in [4.78, 5) is 2.34. The molecular weight excluding hydrogens is 284 g/mol. The molecule has 0 radical (unpaired) electrons. The van der Waals surface area contributed by atoms with Gasteiger partial charge in [-0.1, -0.05) is 39.0 Å². The Morgan fingerprint density at radius 3 is 2.50 bits per heavy atom. The van der Waals surface area contributed by atoms with Crippen LogP contribution in [0, 0.1) is 0 Å². The van der Waals surface area contributed by atoms with Gasteiger partial charge >= 0.3 is 0 Å². The molecule has 20 heavy (non-hydrogen) atoms. The van der Waals surface area contributed by atoms with E-state index in [-0.39, 0.29) is 5.41 Å². The lowest BCUT2D eigenvalue weighted by Gasteiger charge is -2.15. The van der Waals surface area contributed by atoms with Gasteiger partial charge in [-0.05, 0) is 34.4 Å². The number of fused-ring (bicyclic) bond motifs is 1. The number of hydrogen-bond acceptors (Lipinski definition) is 3. The third kappa shape index (κ3) is 2.41. The average Bonchev–Trinajstić information content (AvgIpc) is 3.04. The molecular formula is C17H18OS2. The molecule has 0 bridgehead atoms. The Balaban J connectivity index is 2.00. The standard InChI is InChI=1S/C17H18OS2/c1-17(2,3)15-9-8-14(20-15)16(18)12-10-19-13-7-5-4-6-11(12)13/h4-10,16,18H,1-3H3. The molecule has 0 saturated carbocycles. The minimum atomic E-state index is -0.521. The van der Waals surface area contributed by atoms with Gasteiger partial charge in [0.25, 0.3) is 0 Å². The van der Waals surface area contributed by atoms with Gasteiger partial charge < -0.3 is 5.11 Å². The molecule has 0 aliphatic rings. The first-order chi connectivity index (χ1) is 9.47. The maximum absolute atomic E-state index is 10.7. The first kappa shape index (κ1) is 13.8. The first-order valence-electron chi connectivity index (χ1n) is 6.71. The summed E-state index contributed by atoms with van der Waals surface area (Å²) in [5, 5.41) is 13.9. The monoisotopic (exact) mass is 302 g/mol. The van der Waals surface area contributed by atoms with Crippen LogP contribution in [0.5, 0.6) is 0 Å². The zero-order chi connectivity index (χ0) is 14.3. The van der Waals surface area contributed by atoms with Crippen LogP contribution in [0.25, 0.3) is 10.1 Å². The Kier molecular flexibility index (Phi) is 3.44. The van der Waals surface area contributed by atoms with Crippen LogP contribution in [0.1, 0.15) is 42.2 Å². The summed E-state index contributed by atoms with van der Waals surface area (Å²) in [5.74, 6) is 0. The van der Waals surface area contributed by atoms with E-state index < -0.39 is 6.10 Å². The highest BCUT2D eigenvalue weighted by Crippen LogP contribution is 2.38. The topological polar surface area (TPSA) is 20.2 Å². The van der Waals surface area contributed by atoms with Crippen LogP contribution in [0.2, 0.25) is 0 Å². The zero-order valence-electron chi connectivity index (χ0n) is 11.9. The highest BCUT2D eigenvalue weighted by atomic mass is 32.1. The van der Waals surface area contributed by atoms with Gasteiger partial charge in [-0.2, -0.15) is 0 Å². The summed E-state index contributed by atoms with van der Waals surface area (Å²) in [5.41, 5.74) is 1.16. The fraction of sp³-hybridized carbons (Fsp3) is 0.294. The molecule has 0 fully saturated rings. The number of thiophene rings is 2. The van der Waals surface area contributed by atoms with Crippen molar-refractivity contribution in [2.75, 3.05) is 0 Å². The van der Waals surface area contributed by atoms with Crippen LogP contribution in [0.3, 0.4) is 0 Å². The second-order valence-electron chi connectivity index (χ2n) is 6.04. The third-order valence-electron chi connectivity index (χ3n) is 3.44. The largest absolute Gasteiger partial charge is 0.383 e. The summed E-state index contributed by atoms with van der Waals surface area (Å²) in [6.45, 7) is 6.61. The number of hydrogen-bond donors (Lipinski definition) is 1. The Hall–Kier alpha value is -1.16. The predicted molar refractivity (Wildman–Crippen MR) is 88.9 cm³/mol. The lowest BCUT2D eigenvalue weighted by molar-refractivity contribution is 0.226. The molecule has 104 valence electrons. The Morgan fingerprint density at radius 1 is 1.05 bits per heavy atom. The van der Waals surface area contributed by atoms with E-state index in [4.69, 9.17) is 0 Å². The van der Waals surface area contributed by atoms with Crippen LogP contribution in [-0.4, -0.2) is 5.11 Å². The molecule has 2 aromatic heterocycles. The minimum Gasteiger partial charge on any atom is -0.383 e. The maximum Gasteiger partial charge on any atom is 0.115 e. The highest BCUT2D eigenvalue weighted by molar-refractivity contribution is 7.17. The molecule has 3 aromatic rings. The van der Waals surface area contributed by atoms with Crippen LogP contribution in [0.4, 0.5) is 0 Å². The van der Waals surface area contributed by atoms with E-state index in [2.05, 4.69) is 50.4 Å². The number of aliphatic hydroxyl groups excluding tert-OH is 1. The fourth-order valence-corrected chi connectivity index (χ4v) is 4.32. The van der Waals surface area contributed by atoms with Crippen molar-refractivity contribution in [1.82, 2.24) is 0 Å². The van der Waals surface area contributed by atoms with Crippen molar-refractivity contribution in [2.45, 2.75) is 32.3 Å². The van der Waals surface area contributed by atoms with Gasteiger partial charge in [0.15, 0.2) is 0 Å². The second-order valence-corrected chi connectivity index (χ2v) is 8.07. The molecule has 0 spiro atoms. The molecule has 0 aliphatic heterocycles. The van der Waals surface area contributed by atoms with Crippen LogP contribution in [0.15, 0.2) is 41.8 Å². The van der Waals surface area contributed by atoms with E-state index in [1.165, 1.54) is 9.58 Å². The quantitative estimate of drug-likeness (QED) is 0.677. The average molecular weight is 302 g/mol. The summed E-state index contributed by atoms with van der Waals surface area (Å²) >= 11 is 3.40. The van der Waals surface area contributed by atoms with Crippen molar-refractivity contribution < 1.29 is 5.11 Å². The van der Waals surface area contributed by atoms with Crippen molar-refractivity contribution in [3.63, 3.8) is 0 Å². The van der Waals surface area contributed by atoms with Crippen molar-refractivity contribution in [1.29, 1.82) is 0 Å². The lowest BCUT2D eigenvalue weighted by atomic mass is 9.95. The smallest absolute Gasteiger partial charge is 0.115 e. The molecule has 0 aliphatic carbocycles. The summed E-state index contributed by atoms with van der Waals surface area (Å²) < 4.78 is 1.23. The van der Waals surface area contributed by atoms with E-state index in [9.17, 15) is 5.11 Å². The van der Waals surface area contributed by atoms with Gasteiger partial charge in [0, 0.05) is 20.0 Å². The highest BCUT2D eigenvalue weighted by Gasteiger charge is 2.21. The van der Waals surface area contributed by atoms with Gasteiger partial charge in [-0.25, -0.2) is 0 Å². The first-order valence-corrected chi connectivity index (χ1v) is 8.41. The van der Waals surface area contributed by atoms with Crippen LogP contribution < -0.4 is 0 Å². The van der Waals surface area contributed by atoms with Gasteiger partial charge in [0.05, 0.1) is 0 Å². The van der Waals surface area contributed by atoms with Gasteiger partial charge in [-0.3, -0.25) is 0 Å². The molecule has 2 heterocycles. The molecule has 1 N–H and O–H groups in total. The molecule has 3 rings (SSSR count). The fourth-order valence-electron chi connectivity index (χ4n) is 2.27. The van der Waals surface area contributed by atoms with Gasteiger partial charge in [0.1, 0.15) is 6.10 Å². The van der Waals surface area contributed by atoms with Crippen molar-refractivity contribution >= 4 is 32.8 Å². The van der Waals surface area contributed by atoms with Gasteiger partial charge in [0.2, 0.25) is 0 Å². The van der Waals surface area contributed by atoms with Crippen molar-refractivity contribution in [3.8, 4) is 0 Å². The number of aliphatic hydroxyl groups is 1. The van der Waals surface area contributed by atoms with E-state index >= 15 is 0 Å². The van der Waals surface area contributed by atoms with E-state index in [0.717, 1.165) is 15.8 Å². The van der Waals surface area contributed by atoms with E-state index in [1.807, 2.05) is 12.1 Å². The predicted octanol–water partition coefficient (Wildman–Crippen LogP) is 5.34. The van der Waals surface area contributed by atoms with Crippen LogP contribution in [-0.2, 0) is 5.41 Å². The molecule has 0 amide bonds. The molecule has 0 saturated heterocycles. The normalized spacial score (nSPS) is 13.8. The Bertz CT molecular complexity index is 731. The Labute approximate surface area is 127 Å². The Morgan fingerprint density at radius 2 is 1.80 bits per heavy atom. The van der Waals surface area contributed by atoms with Gasteiger partial charge in [-0.15, -0.1) is 22.7 Å². The number of benzene rings is 1. The second kappa shape index (κ2) is 4.99. The molecule has 1 unspecified atom stereocenters. The zero-order valence-corrected chi connectivity index (χ0v) is 13.5. The summed E-state index contributed by atoms with van der Waals surface area (Å²) in [6, 6.07) is 12.5. The van der Waals surface area contributed by atoms with Crippen molar-refractivity contribution in [3.05, 3.63) is 57.1 Å². The molecule has 1 atom stereocenters. The number of rotatable bonds is 2. The lowest BCUT2D eigenvalue weighted by Crippen LogP contribution is -2.07. The third-order valence-corrected chi connectivity index (χ3v) is 5.99. The molecule has 3 heteroatoms. The van der Waals surface area contributed by atoms with E-state index in [1.54, 1.807) is 22.7 Å².